The van der Waals surface area contributed by atoms with E-state index in [0.717, 1.165) is 36.8 Å². The van der Waals surface area contributed by atoms with Gasteiger partial charge in [0.25, 0.3) is 0 Å². The third-order valence-corrected chi connectivity index (χ3v) is 6.57. The van der Waals surface area contributed by atoms with Gasteiger partial charge in [0.2, 0.25) is 5.91 Å². The zero-order chi connectivity index (χ0) is 18.6. The fourth-order valence-electron chi connectivity index (χ4n) is 3.89. The summed E-state index contributed by atoms with van der Waals surface area (Å²) in [5.74, 6) is 0.271. The first-order valence-corrected chi connectivity index (χ1v) is 9.65. The van der Waals surface area contributed by atoms with Gasteiger partial charge in [0, 0.05) is 13.1 Å². The molecule has 0 spiro atoms. The number of rotatable bonds is 3. The van der Waals surface area contributed by atoms with E-state index in [1.54, 1.807) is 0 Å². The third-order valence-electron chi connectivity index (χ3n) is 6.57. The molecule has 1 aliphatic carbocycles. The minimum atomic E-state index is -0.323. The Hall–Kier alpha value is -1.59. The number of hydrogen-bond donors (Lipinski definition) is 0. The summed E-state index contributed by atoms with van der Waals surface area (Å²) in [5, 5.41) is 0. The van der Waals surface area contributed by atoms with Crippen molar-refractivity contribution in [3.8, 4) is 0 Å². The number of hydrogen-bond acceptors (Lipinski definition) is 3. The van der Waals surface area contributed by atoms with Crippen LogP contribution in [0.2, 0.25) is 0 Å². The minimum absolute atomic E-state index is 0.271. The quantitative estimate of drug-likeness (QED) is 0.781. The number of amides is 1. The Balaban J connectivity index is 1.45. The molecule has 2 aliphatic heterocycles. The molecule has 4 rings (SSSR count). The van der Waals surface area contributed by atoms with E-state index >= 15 is 0 Å². The van der Waals surface area contributed by atoms with Gasteiger partial charge in [-0.1, -0.05) is 36.4 Å². The Morgan fingerprint density at radius 3 is 2.15 bits per heavy atom. The van der Waals surface area contributed by atoms with E-state index in [1.165, 1.54) is 0 Å². The molecule has 0 aromatic heterocycles. The fraction of sp³-hybridized carbons (Fsp3) is 0.571. The molecule has 1 saturated carbocycles. The maximum absolute atomic E-state index is 13.2. The number of benzene rings is 1. The first-order chi connectivity index (χ1) is 12.3. The topological polar surface area (TPSA) is 38.8 Å². The molecule has 1 aromatic rings. The van der Waals surface area contributed by atoms with Gasteiger partial charge in [-0.3, -0.25) is 4.79 Å². The largest absolute Gasteiger partial charge is 0.490 e. The average molecular weight is 353 g/mol. The lowest BCUT2D eigenvalue weighted by Gasteiger charge is -2.32. The number of carbonyl (C=O) groups is 1. The monoisotopic (exact) mass is 353 g/mol. The second kappa shape index (κ2) is 5.96. The molecule has 2 fully saturated rings. The van der Waals surface area contributed by atoms with Gasteiger partial charge in [-0.25, -0.2) is 0 Å². The van der Waals surface area contributed by atoms with Crippen molar-refractivity contribution in [1.82, 2.24) is 4.90 Å². The summed E-state index contributed by atoms with van der Waals surface area (Å²) in [6, 6.07) is 10.2. The summed E-state index contributed by atoms with van der Waals surface area (Å²) in [7, 11) is -0.290. The SMILES string of the molecule is CC1(C)OB(C2=CCN(C(=O)C3(c4ccccc4)CC3)CC2)OC1(C)C. The third kappa shape index (κ3) is 2.82. The fourth-order valence-corrected chi connectivity index (χ4v) is 3.89. The van der Waals surface area contributed by atoms with E-state index in [1.807, 2.05) is 23.1 Å². The van der Waals surface area contributed by atoms with Gasteiger partial charge >= 0.3 is 7.12 Å². The minimum Gasteiger partial charge on any atom is -0.400 e. The molecule has 1 amide bonds. The van der Waals surface area contributed by atoms with Crippen LogP contribution in [0.5, 0.6) is 0 Å². The highest BCUT2D eigenvalue weighted by Gasteiger charge is 2.54. The molecule has 4 nitrogen and oxygen atoms in total. The Morgan fingerprint density at radius 2 is 1.65 bits per heavy atom. The van der Waals surface area contributed by atoms with Gasteiger partial charge in [-0.2, -0.15) is 0 Å². The van der Waals surface area contributed by atoms with Crippen LogP contribution in [-0.4, -0.2) is 42.2 Å². The first kappa shape index (κ1) is 17.8. The molecule has 5 heteroatoms. The predicted molar refractivity (Wildman–Crippen MR) is 103 cm³/mol. The Bertz CT molecular complexity index is 721. The molecule has 0 unspecified atom stereocenters. The molecular weight excluding hydrogens is 325 g/mol. The van der Waals surface area contributed by atoms with Crippen LogP contribution >= 0.6 is 0 Å². The van der Waals surface area contributed by atoms with Crippen molar-refractivity contribution in [2.24, 2.45) is 0 Å². The van der Waals surface area contributed by atoms with Crippen LogP contribution < -0.4 is 0 Å². The molecule has 138 valence electrons. The van der Waals surface area contributed by atoms with Crippen LogP contribution in [0, 0.1) is 0 Å². The maximum atomic E-state index is 13.2. The second-order valence-corrected chi connectivity index (χ2v) is 8.82. The highest BCUT2D eigenvalue weighted by molar-refractivity contribution is 6.54. The van der Waals surface area contributed by atoms with Crippen LogP contribution in [0.1, 0.15) is 52.5 Å². The lowest BCUT2D eigenvalue weighted by atomic mass is 9.74. The van der Waals surface area contributed by atoms with Gasteiger partial charge in [-0.15, -0.1) is 0 Å². The van der Waals surface area contributed by atoms with Gasteiger partial charge < -0.3 is 14.2 Å². The van der Waals surface area contributed by atoms with Crippen LogP contribution in [-0.2, 0) is 19.5 Å². The van der Waals surface area contributed by atoms with Crippen LogP contribution in [0.3, 0.4) is 0 Å². The Morgan fingerprint density at radius 1 is 1.04 bits per heavy atom. The van der Waals surface area contributed by atoms with Crippen molar-refractivity contribution in [3.63, 3.8) is 0 Å². The zero-order valence-corrected chi connectivity index (χ0v) is 16.2. The second-order valence-electron chi connectivity index (χ2n) is 8.82. The van der Waals surface area contributed by atoms with Crippen molar-refractivity contribution in [1.29, 1.82) is 0 Å². The van der Waals surface area contributed by atoms with Crippen molar-refractivity contribution < 1.29 is 14.1 Å². The smallest absolute Gasteiger partial charge is 0.400 e. The first-order valence-electron chi connectivity index (χ1n) is 9.65. The molecule has 0 bridgehead atoms. The molecule has 2 heterocycles. The summed E-state index contributed by atoms with van der Waals surface area (Å²) in [4.78, 5) is 15.1. The highest BCUT2D eigenvalue weighted by atomic mass is 16.7. The van der Waals surface area contributed by atoms with E-state index in [4.69, 9.17) is 9.31 Å². The van der Waals surface area contributed by atoms with E-state index in [-0.39, 0.29) is 29.6 Å². The van der Waals surface area contributed by atoms with E-state index in [2.05, 4.69) is 45.9 Å². The molecule has 0 N–H and O–H groups in total. The summed E-state index contributed by atoms with van der Waals surface area (Å²) in [6.45, 7) is 9.67. The van der Waals surface area contributed by atoms with Crippen LogP contribution in [0.25, 0.3) is 0 Å². The number of nitrogens with zero attached hydrogens (tertiary/aromatic N) is 1. The molecule has 3 aliphatic rings. The van der Waals surface area contributed by atoms with E-state index in [9.17, 15) is 4.79 Å². The molecule has 0 radical (unpaired) electrons. The molecule has 1 saturated heterocycles. The zero-order valence-electron chi connectivity index (χ0n) is 16.2. The summed E-state index contributed by atoms with van der Waals surface area (Å²) in [6.07, 6.45) is 4.86. The maximum Gasteiger partial charge on any atom is 0.490 e. The molecule has 0 atom stereocenters. The van der Waals surface area contributed by atoms with Crippen molar-refractivity contribution in [3.05, 3.63) is 47.4 Å². The Kier molecular flexibility index (Phi) is 4.09. The molecule has 26 heavy (non-hydrogen) atoms. The van der Waals surface area contributed by atoms with Gasteiger partial charge in [-0.05, 0) is 58.0 Å². The normalized spacial score (nSPS) is 25.8. The highest BCUT2D eigenvalue weighted by Crippen LogP contribution is 2.50. The van der Waals surface area contributed by atoms with Crippen molar-refractivity contribution in [2.75, 3.05) is 13.1 Å². The van der Waals surface area contributed by atoms with Crippen LogP contribution in [0.4, 0.5) is 0 Å². The standard InChI is InChI=1S/C21H28BNO3/c1-19(2)20(3,4)26-22(25-19)17-10-14-23(15-11-17)18(24)21(12-13-21)16-8-6-5-7-9-16/h5-10H,11-15H2,1-4H3. The summed E-state index contributed by atoms with van der Waals surface area (Å²) in [5.41, 5.74) is 1.40. The summed E-state index contributed by atoms with van der Waals surface area (Å²) >= 11 is 0. The van der Waals surface area contributed by atoms with Crippen LogP contribution in [0.15, 0.2) is 41.9 Å². The summed E-state index contributed by atoms with van der Waals surface area (Å²) < 4.78 is 12.3. The lowest BCUT2D eigenvalue weighted by Crippen LogP contribution is -2.43. The van der Waals surface area contributed by atoms with Crippen molar-refractivity contribution in [2.45, 2.75) is 63.6 Å². The predicted octanol–water partition coefficient (Wildman–Crippen LogP) is 3.51. The van der Waals surface area contributed by atoms with E-state index in [0.29, 0.717) is 6.54 Å². The van der Waals surface area contributed by atoms with Gasteiger partial charge in [0.15, 0.2) is 0 Å². The molecular formula is C21H28BNO3. The average Bonchev–Trinajstić information content (AvgIpc) is 3.39. The van der Waals surface area contributed by atoms with Gasteiger partial charge in [0.05, 0.1) is 16.6 Å². The van der Waals surface area contributed by atoms with E-state index < -0.39 is 0 Å². The number of carbonyl (C=O) groups excluding carboxylic acids is 1. The van der Waals surface area contributed by atoms with Gasteiger partial charge in [0.1, 0.15) is 0 Å². The molecule has 1 aromatic carbocycles. The Labute approximate surface area is 156 Å². The lowest BCUT2D eigenvalue weighted by molar-refractivity contribution is -0.133. The van der Waals surface area contributed by atoms with Crippen molar-refractivity contribution >= 4 is 13.0 Å².